The van der Waals surface area contributed by atoms with Crippen molar-refractivity contribution < 1.29 is 9.52 Å². The molecule has 0 aromatic carbocycles. The van der Waals surface area contributed by atoms with Crippen LogP contribution in [0.2, 0.25) is 0 Å². The Bertz CT molecular complexity index is 218. The summed E-state index contributed by atoms with van der Waals surface area (Å²) in [6.07, 6.45) is 0. The van der Waals surface area contributed by atoms with Crippen LogP contribution in [0.15, 0.2) is 16.5 Å². The molecule has 13 heavy (non-hydrogen) atoms. The molecule has 0 saturated carbocycles. The molecule has 0 atom stereocenters. The van der Waals surface area contributed by atoms with Crippen molar-refractivity contribution >= 4 is 0 Å². The van der Waals surface area contributed by atoms with Crippen molar-refractivity contribution in [1.29, 1.82) is 0 Å². The molecule has 1 N–H and O–H groups in total. The third-order valence-electron chi connectivity index (χ3n) is 1.35. The number of aliphatic hydroxyl groups excluding tert-OH is 1. The van der Waals surface area contributed by atoms with Gasteiger partial charge in [-0.2, -0.15) is 0 Å². The van der Waals surface area contributed by atoms with Crippen LogP contribution in [0.1, 0.15) is 25.4 Å². The lowest BCUT2D eigenvalue weighted by Crippen LogP contribution is -2.09. The standard InChI is InChI=1S/C8H13NO2.C2H6/c1-9(2)5-7-3-4-8(6-10)11-7;1-2/h3-4,10H,5-6H2,1-2H3;1-2H3. The average molecular weight is 185 g/mol. The van der Waals surface area contributed by atoms with Gasteiger partial charge >= 0.3 is 0 Å². The van der Waals surface area contributed by atoms with Crippen LogP contribution in [0.5, 0.6) is 0 Å². The molecular formula is C10H19NO2. The van der Waals surface area contributed by atoms with Crippen LogP contribution < -0.4 is 0 Å². The maximum atomic E-state index is 8.68. The molecule has 0 aliphatic carbocycles. The fraction of sp³-hybridized carbons (Fsp3) is 0.600. The first-order chi connectivity index (χ1) is 6.22. The van der Waals surface area contributed by atoms with Crippen molar-refractivity contribution in [3.05, 3.63) is 23.7 Å². The van der Waals surface area contributed by atoms with Crippen LogP contribution in [0, 0.1) is 0 Å². The SMILES string of the molecule is CC.CN(C)Cc1ccc(CO)o1. The topological polar surface area (TPSA) is 36.6 Å². The zero-order valence-corrected chi connectivity index (χ0v) is 8.87. The fourth-order valence-corrected chi connectivity index (χ4v) is 0.904. The predicted octanol–water partition coefficient (Wildman–Crippen LogP) is 1.86. The summed E-state index contributed by atoms with van der Waals surface area (Å²) in [5, 5.41) is 8.68. The van der Waals surface area contributed by atoms with Crippen LogP contribution >= 0.6 is 0 Å². The molecule has 1 rings (SSSR count). The zero-order chi connectivity index (χ0) is 10.3. The lowest BCUT2D eigenvalue weighted by Gasteiger charge is -2.05. The van der Waals surface area contributed by atoms with Crippen LogP contribution in [0.4, 0.5) is 0 Å². The van der Waals surface area contributed by atoms with Gasteiger partial charge in [-0.25, -0.2) is 0 Å². The van der Waals surface area contributed by atoms with E-state index in [1.807, 2.05) is 38.9 Å². The highest BCUT2D eigenvalue weighted by Crippen LogP contribution is 2.08. The van der Waals surface area contributed by atoms with Gasteiger partial charge in [0.25, 0.3) is 0 Å². The summed E-state index contributed by atoms with van der Waals surface area (Å²) in [5.74, 6) is 1.51. The molecule has 0 radical (unpaired) electrons. The van der Waals surface area contributed by atoms with E-state index in [0.29, 0.717) is 5.76 Å². The molecular weight excluding hydrogens is 166 g/mol. The van der Waals surface area contributed by atoms with E-state index in [1.54, 1.807) is 6.07 Å². The summed E-state index contributed by atoms with van der Waals surface area (Å²) in [6.45, 7) is 4.76. The van der Waals surface area contributed by atoms with Crippen LogP contribution in [0.3, 0.4) is 0 Å². The Morgan fingerprint density at radius 2 is 1.77 bits per heavy atom. The highest BCUT2D eigenvalue weighted by molar-refractivity contribution is 5.05. The van der Waals surface area contributed by atoms with Gasteiger partial charge in [0.2, 0.25) is 0 Å². The van der Waals surface area contributed by atoms with Gasteiger partial charge in [0, 0.05) is 0 Å². The van der Waals surface area contributed by atoms with Gasteiger partial charge in [0.15, 0.2) is 0 Å². The van der Waals surface area contributed by atoms with Crippen LogP contribution in [-0.2, 0) is 13.2 Å². The van der Waals surface area contributed by atoms with Crippen LogP contribution in [-0.4, -0.2) is 24.1 Å². The van der Waals surface area contributed by atoms with E-state index in [-0.39, 0.29) is 6.61 Å². The molecule has 1 aromatic rings. The number of hydrogen-bond donors (Lipinski definition) is 1. The second-order valence-electron chi connectivity index (χ2n) is 2.76. The van der Waals surface area contributed by atoms with E-state index >= 15 is 0 Å². The van der Waals surface area contributed by atoms with E-state index in [1.165, 1.54) is 0 Å². The minimum atomic E-state index is -0.0204. The molecule has 0 aliphatic rings. The van der Waals surface area contributed by atoms with E-state index in [0.717, 1.165) is 12.3 Å². The molecule has 76 valence electrons. The summed E-state index contributed by atoms with van der Waals surface area (Å²) < 4.78 is 5.25. The van der Waals surface area contributed by atoms with Crippen molar-refractivity contribution in [1.82, 2.24) is 4.90 Å². The highest BCUT2D eigenvalue weighted by Gasteiger charge is 2.00. The number of furan rings is 1. The molecule has 0 spiro atoms. The molecule has 1 heterocycles. The minimum Gasteiger partial charge on any atom is -0.462 e. The Morgan fingerprint density at radius 1 is 1.23 bits per heavy atom. The Kier molecular flexibility index (Phi) is 6.28. The van der Waals surface area contributed by atoms with Crippen molar-refractivity contribution in [2.24, 2.45) is 0 Å². The van der Waals surface area contributed by atoms with E-state index < -0.39 is 0 Å². The fourth-order valence-electron chi connectivity index (χ4n) is 0.904. The molecule has 0 bridgehead atoms. The summed E-state index contributed by atoms with van der Waals surface area (Å²) in [5.41, 5.74) is 0. The summed E-state index contributed by atoms with van der Waals surface area (Å²) in [4.78, 5) is 2.01. The van der Waals surface area contributed by atoms with Crippen molar-refractivity contribution in [3.8, 4) is 0 Å². The van der Waals surface area contributed by atoms with Crippen molar-refractivity contribution in [2.75, 3.05) is 14.1 Å². The Morgan fingerprint density at radius 3 is 2.15 bits per heavy atom. The maximum absolute atomic E-state index is 8.68. The first kappa shape index (κ1) is 12.2. The van der Waals surface area contributed by atoms with E-state index in [4.69, 9.17) is 9.52 Å². The van der Waals surface area contributed by atoms with Crippen molar-refractivity contribution in [3.63, 3.8) is 0 Å². The van der Waals surface area contributed by atoms with Gasteiger partial charge in [-0.1, -0.05) is 13.8 Å². The molecule has 0 saturated heterocycles. The molecule has 0 amide bonds. The third-order valence-corrected chi connectivity index (χ3v) is 1.35. The Balaban J connectivity index is 0.000000671. The number of aliphatic hydroxyl groups is 1. The highest BCUT2D eigenvalue weighted by atomic mass is 16.4. The molecule has 0 aliphatic heterocycles. The monoisotopic (exact) mass is 185 g/mol. The lowest BCUT2D eigenvalue weighted by atomic mass is 10.4. The second kappa shape index (κ2) is 6.69. The van der Waals surface area contributed by atoms with Gasteiger partial charge in [-0.3, -0.25) is 0 Å². The first-order valence-corrected chi connectivity index (χ1v) is 4.55. The van der Waals surface area contributed by atoms with Crippen molar-refractivity contribution in [2.45, 2.75) is 27.0 Å². The zero-order valence-electron chi connectivity index (χ0n) is 8.87. The molecule has 3 heteroatoms. The van der Waals surface area contributed by atoms with E-state index in [2.05, 4.69) is 0 Å². The number of hydrogen-bond acceptors (Lipinski definition) is 3. The van der Waals surface area contributed by atoms with Gasteiger partial charge in [0.05, 0.1) is 6.54 Å². The molecule has 1 aromatic heterocycles. The predicted molar refractivity (Wildman–Crippen MR) is 53.4 cm³/mol. The average Bonchev–Trinajstić information content (AvgIpc) is 2.55. The Labute approximate surface area is 80.0 Å². The molecule has 3 nitrogen and oxygen atoms in total. The normalized spacial score (nSPS) is 9.69. The van der Waals surface area contributed by atoms with Gasteiger partial charge in [-0.05, 0) is 26.2 Å². The smallest absolute Gasteiger partial charge is 0.129 e. The summed E-state index contributed by atoms with van der Waals surface area (Å²) in [7, 11) is 3.95. The molecule has 0 fully saturated rings. The minimum absolute atomic E-state index is 0.0204. The quantitative estimate of drug-likeness (QED) is 0.781. The van der Waals surface area contributed by atoms with Gasteiger partial charge in [0.1, 0.15) is 18.1 Å². The summed E-state index contributed by atoms with van der Waals surface area (Å²) >= 11 is 0. The number of nitrogens with zero attached hydrogens (tertiary/aromatic N) is 1. The first-order valence-electron chi connectivity index (χ1n) is 4.55. The van der Waals surface area contributed by atoms with Gasteiger partial charge in [-0.15, -0.1) is 0 Å². The number of rotatable bonds is 3. The maximum Gasteiger partial charge on any atom is 0.129 e. The lowest BCUT2D eigenvalue weighted by molar-refractivity contribution is 0.237. The third kappa shape index (κ3) is 4.70. The van der Waals surface area contributed by atoms with E-state index in [9.17, 15) is 0 Å². The second-order valence-corrected chi connectivity index (χ2v) is 2.76. The van der Waals surface area contributed by atoms with Gasteiger partial charge < -0.3 is 14.4 Å². The Hall–Kier alpha value is -0.800. The van der Waals surface area contributed by atoms with Crippen LogP contribution in [0.25, 0.3) is 0 Å². The summed E-state index contributed by atoms with van der Waals surface area (Å²) in [6, 6.07) is 3.67. The largest absolute Gasteiger partial charge is 0.462 e. The molecule has 0 unspecified atom stereocenters.